The molecule has 0 radical (unpaired) electrons. The van der Waals surface area contributed by atoms with E-state index in [0.29, 0.717) is 0 Å². The van der Waals surface area contributed by atoms with Gasteiger partial charge in [0.1, 0.15) is 0 Å². The SMILES string of the molecule is c1cncc(-c2cc(-c3cccnc3)nc(-c3cccc(-c4cccc(-c5cccc6c5C5(CCCCC5)c5ccccc5-6)c4)c3)c2)c1. The predicted molar refractivity (Wildman–Crippen MR) is 196 cm³/mol. The van der Waals surface area contributed by atoms with E-state index in [1.165, 1.54) is 76.6 Å². The van der Waals surface area contributed by atoms with E-state index < -0.39 is 0 Å². The van der Waals surface area contributed by atoms with Gasteiger partial charge in [-0.05, 0) is 105 Å². The first kappa shape index (κ1) is 28.5. The molecule has 0 bridgehead atoms. The number of aromatic nitrogens is 3. The van der Waals surface area contributed by atoms with Gasteiger partial charge in [-0.3, -0.25) is 9.97 Å². The number of pyridine rings is 3. The van der Waals surface area contributed by atoms with Gasteiger partial charge in [-0.1, -0.05) is 104 Å². The first-order chi connectivity index (χ1) is 23.8. The molecule has 2 aliphatic rings. The van der Waals surface area contributed by atoms with Crippen LogP contribution in [0, 0.1) is 0 Å². The lowest BCUT2D eigenvalue weighted by Gasteiger charge is -2.37. The zero-order chi connectivity index (χ0) is 31.9. The quantitative estimate of drug-likeness (QED) is 0.193. The van der Waals surface area contributed by atoms with Crippen molar-refractivity contribution in [3.63, 3.8) is 0 Å². The molecule has 3 aromatic heterocycles. The van der Waals surface area contributed by atoms with E-state index in [9.17, 15) is 0 Å². The summed E-state index contributed by atoms with van der Waals surface area (Å²) in [5, 5.41) is 0. The molecule has 0 amide bonds. The number of fused-ring (bicyclic) bond motifs is 5. The van der Waals surface area contributed by atoms with Crippen LogP contribution in [0.1, 0.15) is 43.2 Å². The molecule has 1 spiro atoms. The van der Waals surface area contributed by atoms with Crippen LogP contribution in [0.3, 0.4) is 0 Å². The minimum absolute atomic E-state index is 0.105. The van der Waals surface area contributed by atoms with Gasteiger partial charge in [-0.2, -0.15) is 0 Å². The zero-order valence-corrected chi connectivity index (χ0v) is 26.8. The van der Waals surface area contributed by atoms with E-state index >= 15 is 0 Å². The summed E-state index contributed by atoms with van der Waals surface area (Å²) >= 11 is 0. The maximum atomic E-state index is 5.15. The van der Waals surface area contributed by atoms with Crippen molar-refractivity contribution in [2.24, 2.45) is 0 Å². The third-order valence-electron chi connectivity index (χ3n) is 10.4. The molecule has 3 heterocycles. The normalized spacial score (nSPS) is 14.4. The monoisotopic (exact) mass is 617 g/mol. The molecule has 0 N–H and O–H groups in total. The van der Waals surface area contributed by atoms with Gasteiger partial charge in [-0.15, -0.1) is 0 Å². The second-order valence-electron chi connectivity index (χ2n) is 13.2. The fraction of sp³-hybridized carbons (Fsp3) is 0.133. The lowest BCUT2D eigenvalue weighted by atomic mass is 9.66. The summed E-state index contributed by atoms with van der Waals surface area (Å²) in [5.74, 6) is 0. The highest BCUT2D eigenvalue weighted by atomic mass is 14.7. The number of rotatable bonds is 5. The van der Waals surface area contributed by atoms with E-state index in [1.807, 2.05) is 30.7 Å². The first-order valence-corrected chi connectivity index (χ1v) is 17.0. The molecule has 1 fully saturated rings. The Balaban J connectivity index is 1.14. The summed E-state index contributed by atoms with van der Waals surface area (Å²) in [6.45, 7) is 0. The smallest absolute Gasteiger partial charge is 0.0731 e. The Kier molecular flexibility index (Phi) is 7.04. The maximum absolute atomic E-state index is 5.15. The van der Waals surface area contributed by atoms with Crippen LogP contribution in [0.25, 0.3) is 67.0 Å². The van der Waals surface area contributed by atoms with Crippen LogP contribution in [-0.2, 0) is 5.41 Å². The van der Waals surface area contributed by atoms with E-state index in [-0.39, 0.29) is 5.41 Å². The Morgan fingerprint density at radius 1 is 0.417 bits per heavy atom. The molecule has 7 aromatic rings. The molecule has 4 aromatic carbocycles. The van der Waals surface area contributed by atoms with Gasteiger partial charge in [-0.25, -0.2) is 4.98 Å². The van der Waals surface area contributed by atoms with Gasteiger partial charge in [0.15, 0.2) is 0 Å². The standard InChI is InChI=1S/C45H35N3/c1-4-21-45(22-5-1)41-20-3-2-17-39(41)40-19-8-18-38(44(40)45)33-13-6-11-31(25-33)32-12-7-14-34(26-32)42-27-37(35-15-9-23-46-29-35)28-43(48-42)36-16-10-24-47-30-36/h2-3,6-20,23-30H,1,4-5,21-22H2. The average molecular weight is 618 g/mol. The summed E-state index contributed by atoms with van der Waals surface area (Å²) < 4.78 is 0. The Labute approximate surface area is 282 Å². The summed E-state index contributed by atoms with van der Waals surface area (Å²) in [6, 6.07) is 46.4. The van der Waals surface area contributed by atoms with Crippen LogP contribution >= 0.6 is 0 Å². The fourth-order valence-corrected chi connectivity index (χ4v) is 8.24. The van der Waals surface area contributed by atoms with Gasteiger partial charge in [0.2, 0.25) is 0 Å². The largest absolute Gasteiger partial charge is 0.264 e. The Bertz CT molecular complexity index is 2210. The van der Waals surface area contributed by atoms with Crippen LogP contribution in [-0.4, -0.2) is 15.0 Å². The van der Waals surface area contributed by atoms with Gasteiger partial charge in [0, 0.05) is 46.9 Å². The number of hydrogen-bond donors (Lipinski definition) is 0. The van der Waals surface area contributed by atoms with Crippen molar-refractivity contribution in [1.82, 2.24) is 15.0 Å². The average Bonchev–Trinajstić information content (AvgIpc) is 3.44. The van der Waals surface area contributed by atoms with Crippen molar-refractivity contribution >= 4 is 0 Å². The molecule has 0 aliphatic heterocycles. The number of nitrogens with zero attached hydrogens (tertiary/aromatic N) is 3. The topological polar surface area (TPSA) is 38.7 Å². The third-order valence-corrected chi connectivity index (χ3v) is 10.4. The minimum Gasteiger partial charge on any atom is -0.264 e. The maximum Gasteiger partial charge on any atom is 0.0731 e. The van der Waals surface area contributed by atoms with Gasteiger partial charge < -0.3 is 0 Å². The second-order valence-corrected chi connectivity index (χ2v) is 13.2. The first-order valence-electron chi connectivity index (χ1n) is 17.0. The summed E-state index contributed by atoms with van der Waals surface area (Å²) in [4.78, 5) is 13.9. The van der Waals surface area contributed by atoms with Crippen LogP contribution in [0.2, 0.25) is 0 Å². The lowest BCUT2D eigenvalue weighted by Crippen LogP contribution is -2.28. The molecule has 0 unspecified atom stereocenters. The van der Waals surface area contributed by atoms with Crippen LogP contribution in [0.4, 0.5) is 0 Å². The Hall–Kier alpha value is -5.67. The molecule has 230 valence electrons. The van der Waals surface area contributed by atoms with Crippen molar-refractivity contribution in [3.05, 3.63) is 163 Å². The number of hydrogen-bond acceptors (Lipinski definition) is 3. The zero-order valence-electron chi connectivity index (χ0n) is 26.8. The van der Waals surface area contributed by atoms with Crippen molar-refractivity contribution < 1.29 is 0 Å². The van der Waals surface area contributed by atoms with Gasteiger partial charge in [0.05, 0.1) is 11.4 Å². The molecule has 0 atom stereocenters. The lowest BCUT2D eigenvalue weighted by molar-refractivity contribution is 0.353. The molecule has 3 nitrogen and oxygen atoms in total. The summed E-state index contributed by atoms with van der Waals surface area (Å²) in [7, 11) is 0. The van der Waals surface area contributed by atoms with Gasteiger partial charge in [0.25, 0.3) is 0 Å². The van der Waals surface area contributed by atoms with E-state index in [4.69, 9.17) is 4.98 Å². The van der Waals surface area contributed by atoms with Crippen LogP contribution in [0.5, 0.6) is 0 Å². The Morgan fingerprint density at radius 3 is 1.75 bits per heavy atom. The predicted octanol–water partition coefficient (Wildman–Crippen LogP) is 11.4. The molecular weight excluding hydrogens is 583 g/mol. The van der Waals surface area contributed by atoms with E-state index in [0.717, 1.165) is 33.6 Å². The third kappa shape index (κ3) is 4.86. The molecule has 3 heteroatoms. The summed E-state index contributed by atoms with van der Waals surface area (Å²) in [5.41, 5.74) is 17.1. The second kappa shape index (κ2) is 11.8. The number of benzene rings is 4. The highest BCUT2D eigenvalue weighted by molar-refractivity contribution is 5.89. The molecule has 48 heavy (non-hydrogen) atoms. The van der Waals surface area contributed by atoms with Crippen molar-refractivity contribution in [2.75, 3.05) is 0 Å². The molecular formula is C45H35N3. The van der Waals surface area contributed by atoms with Crippen molar-refractivity contribution in [2.45, 2.75) is 37.5 Å². The highest BCUT2D eigenvalue weighted by Crippen LogP contribution is 2.58. The molecule has 0 saturated heterocycles. The van der Waals surface area contributed by atoms with Crippen molar-refractivity contribution in [3.8, 4) is 67.0 Å². The van der Waals surface area contributed by atoms with E-state index in [2.05, 4.69) is 125 Å². The Morgan fingerprint density at radius 2 is 1.00 bits per heavy atom. The van der Waals surface area contributed by atoms with Crippen LogP contribution in [0.15, 0.2) is 152 Å². The summed E-state index contributed by atoms with van der Waals surface area (Å²) in [6.07, 6.45) is 13.7. The molecule has 2 aliphatic carbocycles. The van der Waals surface area contributed by atoms with E-state index in [1.54, 1.807) is 6.20 Å². The molecule has 9 rings (SSSR count). The fourth-order valence-electron chi connectivity index (χ4n) is 8.24. The minimum atomic E-state index is 0.105. The van der Waals surface area contributed by atoms with Gasteiger partial charge >= 0.3 is 0 Å². The van der Waals surface area contributed by atoms with Crippen molar-refractivity contribution in [1.29, 1.82) is 0 Å². The highest BCUT2D eigenvalue weighted by Gasteiger charge is 2.45. The molecule has 1 saturated carbocycles. The van der Waals surface area contributed by atoms with Crippen LogP contribution < -0.4 is 0 Å².